The maximum atomic E-state index is 11.5. The van der Waals surface area contributed by atoms with Crippen molar-refractivity contribution in [3.63, 3.8) is 0 Å². The van der Waals surface area contributed by atoms with Crippen molar-refractivity contribution in [3.05, 3.63) is 0 Å². The van der Waals surface area contributed by atoms with Crippen molar-refractivity contribution in [2.45, 2.75) is 30.6 Å². The van der Waals surface area contributed by atoms with Gasteiger partial charge in [0.2, 0.25) is 5.91 Å². The molecule has 1 unspecified atom stereocenters. The Balaban J connectivity index is 2.57. The Morgan fingerprint density at radius 3 is 2.21 bits per heavy atom. The van der Waals surface area contributed by atoms with E-state index in [1.54, 1.807) is 6.92 Å². The third kappa shape index (κ3) is 1.81. The van der Waals surface area contributed by atoms with Gasteiger partial charge in [-0.3, -0.25) is 9.59 Å². The fourth-order valence-electron chi connectivity index (χ4n) is 1.06. The fraction of sp³-hybridized carbons (Fsp3) is 0.750. The monoisotopic (exact) mass is 239 g/mol. The highest BCUT2D eigenvalue weighted by atomic mass is 35.5. The van der Waals surface area contributed by atoms with Crippen LogP contribution in [0, 0.1) is 5.41 Å². The average molecular weight is 240 g/mol. The topological polar surface area (TPSA) is 66.4 Å². The Labute approximate surface area is 91.6 Å². The summed E-state index contributed by atoms with van der Waals surface area (Å²) in [5, 5.41) is 10.9. The molecule has 1 fully saturated rings. The second kappa shape index (κ2) is 3.28. The number of rotatable bonds is 3. The molecule has 0 bridgehead atoms. The second-order valence-electron chi connectivity index (χ2n) is 3.75. The van der Waals surface area contributed by atoms with Gasteiger partial charge in [0.05, 0.1) is 5.41 Å². The van der Waals surface area contributed by atoms with E-state index in [1.165, 1.54) is 6.92 Å². The van der Waals surface area contributed by atoms with E-state index >= 15 is 0 Å². The highest BCUT2D eigenvalue weighted by Crippen LogP contribution is 2.63. The highest BCUT2D eigenvalue weighted by Gasteiger charge is 2.68. The summed E-state index contributed by atoms with van der Waals surface area (Å²) < 4.78 is -1.06. The van der Waals surface area contributed by atoms with Crippen LogP contribution in [0.25, 0.3) is 0 Å². The predicted octanol–water partition coefficient (Wildman–Crippen LogP) is 1.16. The summed E-state index contributed by atoms with van der Waals surface area (Å²) in [4.78, 5) is 22.0. The van der Waals surface area contributed by atoms with Crippen molar-refractivity contribution in [1.82, 2.24) is 5.32 Å². The first-order chi connectivity index (χ1) is 6.21. The van der Waals surface area contributed by atoms with Gasteiger partial charge in [0.1, 0.15) is 10.4 Å². The van der Waals surface area contributed by atoms with Crippen LogP contribution in [-0.2, 0) is 9.59 Å². The molecular weight excluding hydrogens is 229 g/mol. The van der Waals surface area contributed by atoms with E-state index in [0.717, 1.165) is 0 Å². The van der Waals surface area contributed by atoms with Crippen LogP contribution in [0.15, 0.2) is 0 Å². The van der Waals surface area contributed by atoms with Crippen LogP contribution in [0.1, 0.15) is 20.3 Å². The minimum atomic E-state index is -1.09. The van der Waals surface area contributed by atoms with E-state index in [4.69, 9.17) is 28.3 Å². The zero-order chi connectivity index (χ0) is 11.1. The zero-order valence-electron chi connectivity index (χ0n) is 7.80. The van der Waals surface area contributed by atoms with E-state index in [-0.39, 0.29) is 0 Å². The summed E-state index contributed by atoms with van der Waals surface area (Å²) in [7, 11) is 0. The fourth-order valence-corrected chi connectivity index (χ4v) is 1.77. The molecule has 80 valence electrons. The van der Waals surface area contributed by atoms with Gasteiger partial charge >= 0.3 is 5.97 Å². The lowest BCUT2D eigenvalue weighted by Gasteiger charge is -2.15. The Kier molecular flexibility index (Phi) is 2.71. The van der Waals surface area contributed by atoms with Gasteiger partial charge in [-0.2, -0.15) is 0 Å². The lowest BCUT2D eigenvalue weighted by atomic mass is 10.1. The smallest absolute Gasteiger partial charge is 0.325 e. The normalized spacial score (nSPS) is 30.6. The zero-order valence-corrected chi connectivity index (χ0v) is 9.32. The molecule has 6 heteroatoms. The van der Waals surface area contributed by atoms with Crippen molar-refractivity contribution in [1.29, 1.82) is 0 Å². The molecule has 1 aliphatic carbocycles. The number of carboxylic acid groups (broad SMARTS) is 1. The van der Waals surface area contributed by atoms with Gasteiger partial charge in [-0.1, -0.05) is 0 Å². The summed E-state index contributed by atoms with van der Waals surface area (Å²) in [6, 6.07) is -0.927. The molecule has 0 saturated heterocycles. The van der Waals surface area contributed by atoms with Gasteiger partial charge in [0.15, 0.2) is 0 Å². The van der Waals surface area contributed by atoms with Crippen molar-refractivity contribution in [3.8, 4) is 0 Å². The Bertz CT molecular complexity index is 292. The van der Waals surface area contributed by atoms with Crippen LogP contribution in [-0.4, -0.2) is 27.4 Å². The minimum Gasteiger partial charge on any atom is -0.480 e. The van der Waals surface area contributed by atoms with Crippen molar-refractivity contribution in [2.24, 2.45) is 5.41 Å². The van der Waals surface area contributed by atoms with Crippen LogP contribution in [0.2, 0.25) is 0 Å². The minimum absolute atomic E-state index is 0.348. The van der Waals surface area contributed by atoms with Crippen LogP contribution < -0.4 is 5.32 Å². The molecule has 1 saturated carbocycles. The lowest BCUT2D eigenvalue weighted by molar-refractivity contribution is -0.142. The van der Waals surface area contributed by atoms with E-state index in [0.29, 0.717) is 6.42 Å². The number of carbonyl (C=O) groups is 2. The molecule has 0 aromatic carbocycles. The van der Waals surface area contributed by atoms with Crippen molar-refractivity contribution >= 4 is 35.1 Å². The van der Waals surface area contributed by atoms with Crippen LogP contribution in [0.3, 0.4) is 0 Å². The van der Waals surface area contributed by atoms with E-state index in [2.05, 4.69) is 5.32 Å². The Morgan fingerprint density at radius 2 is 1.93 bits per heavy atom. The number of amides is 1. The standard InChI is InChI=1S/C8H11Cl2NO3/c1-4(5(12)13)11-6(14)7(2)3-8(7,9)10/h4H,3H2,1-2H3,(H,11,14)(H,12,13)/t4-,7?/m0/s1. The van der Waals surface area contributed by atoms with E-state index in [9.17, 15) is 9.59 Å². The summed E-state index contributed by atoms with van der Waals surface area (Å²) in [6.45, 7) is 2.99. The molecule has 0 aromatic rings. The summed E-state index contributed by atoms with van der Waals surface area (Å²) in [5.41, 5.74) is -0.861. The molecule has 1 aliphatic rings. The molecule has 2 N–H and O–H groups in total. The van der Waals surface area contributed by atoms with Gasteiger partial charge in [-0.05, 0) is 20.3 Å². The number of aliphatic carboxylic acids is 1. The quantitative estimate of drug-likeness (QED) is 0.727. The summed E-state index contributed by atoms with van der Waals surface area (Å²) in [5.74, 6) is -1.50. The SMILES string of the molecule is C[C@H](NC(=O)C1(C)CC1(Cl)Cl)C(=O)O. The molecule has 4 nitrogen and oxygen atoms in total. The molecule has 0 spiro atoms. The van der Waals surface area contributed by atoms with E-state index in [1.807, 2.05) is 0 Å². The first-order valence-electron chi connectivity index (χ1n) is 4.12. The van der Waals surface area contributed by atoms with Crippen LogP contribution in [0.4, 0.5) is 0 Å². The Hall–Kier alpha value is -0.480. The average Bonchev–Trinajstić information content (AvgIpc) is 2.52. The molecule has 0 heterocycles. The molecule has 14 heavy (non-hydrogen) atoms. The van der Waals surface area contributed by atoms with Gasteiger partial charge in [0, 0.05) is 0 Å². The number of alkyl halides is 2. The molecule has 2 atom stereocenters. The number of carboxylic acids is 1. The van der Waals surface area contributed by atoms with E-state index < -0.39 is 27.7 Å². The van der Waals surface area contributed by atoms with Crippen molar-refractivity contribution in [2.75, 3.05) is 0 Å². The second-order valence-corrected chi connectivity index (χ2v) is 5.23. The number of hydrogen-bond donors (Lipinski definition) is 2. The molecule has 0 aromatic heterocycles. The van der Waals surface area contributed by atoms with Gasteiger partial charge in [-0.15, -0.1) is 23.2 Å². The predicted molar refractivity (Wildman–Crippen MR) is 52.4 cm³/mol. The summed E-state index contributed by atoms with van der Waals surface area (Å²) >= 11 is 11.5. The number of hydrogen-bond acceptors (Lipinski definition) is 2. The molecule has 1 amide bonds. The highest BCUT2D eigenvalue weighted by molar-refractivity contribution is 6.53. The molecular formula is C8H11Cl2NO3. The summed E-state index contributed by atoms with van der Waals surface area (Å²) in [6.07, 6.45) is 0.348. The number of carbonyl (C=O) groups excluding carboxylic acids is 1. The first kappa shape index (κ1) is 11.6. The van der Waals surface area contributed by atoms with Crippen molar-refractivity contribution < 1.29 is 14.7 Å². The molecule has 0 radical (unpaired) electrons. The maximum absolute atomic E-state index is 11.5. The van der Waals surface area contributed by atoms with Gasteiger partial charge in [-0.25, -0.2) is 0 Å². The van der Waals surface area contributed by atoms with Gasteiger partial charge < -0.3 is 10.4 Å². The first-order valence-corrected chi connectivity index (χ1v) is 4.88. The number of nitrogens with one attached hydrogen (secondary N) is 1. The van der Waals surface area contributed by atoms with Gasteiger partial charge in [0.25, 0.3) is 0 Å². The van der Waals surface area contributed by atoms with Crippen LogP contribution in [0.5, 0.6) is 0 Å². The van der Waals surface area contributed by atoms with Crippen LogP contribution >= 0.6 is 23.2 Å². The lowest BCUT2D eigenvalue weighted by Crippen LogP contribution is -2.43. The largest absolute Gasteiger partial charge is 0.480 e. The maximum Gasteiger partial charge on any atom is 0.325 e. The third-order valence-corrected chi connectivity index (χ3v) is 3.58. The Morgan fingerprint density at radius 1 is 1.50 bits per heavy atom. The molecule has 1 rings (SSSR count). The third-order valence-electron chi connectivity index (χ3n) is 2.48. The molecule has 0 aliphatic heterocycles. The number of halogens is 2.